The number of hydrogen-bond acceptors (Lipinski definition) is 6. The predicted octanol–water partition coefficient (Wildman–Crippen LogP) is 1.68. The van der Waals surface area contributed by atoms with Crippen LogP contribution in [0.5, 0.6) is 0 Å². The maximum Gasteiger partial charge on any atom is 0.239 e. The van der Waals surface area contributed by atoms with Gasteiger partial charge in [0.15, 0.2) is 0 Å². The fourth-order valence-corrected chi connectivity index (χ4v) is 2.83. The molecule has 0 aliphatic carbocycles. The third-order valence-corrected chi connectivity index (χ3v) is 4.39. The van der Waals surface area contributed by atoms with Gasteiger partial charge in [-0.1, -0.05) is 32.1 Å². The fraction of sp³-hybridized carbons (Fsp3) is 0.667. The summed E-state index contributed by atoms with van der Waals surface area (Å²) < 4.78 is 6.74. The first-order valence-electron chi connectivity index (χ1n) is 7.64. The van der Waals surface area contributed by atoms with E-state index in [1.807, 2.05) is 18.1 Å². The van der Waals surface area contributed by atoms with E-state index in [0.717, 1.165) is 22.2 Å². The Labute approximate surface area is 140 Å². The quantitative estimate of drug-likeness (QED) is 0.777. The molecule has 0 bridgehead atoms. The number of nitrogens with zero attached hydrogens (tertiary/aromatic N) is 4. The van der Waals surface area contributed by atoms with Gasteiger partial charge in [-0.3, -0.25) is 4.79 Å². The Morgan fingerprint density at radius 2 is 2.22 bits per heavy atom. The summed E-state index contributed by atoms with van der Waals surface area (Å²) in [5.74, 6) is -0.0215. The molecule has 23 heavy (non-hydrogen) atoms. The van der Waals surface area contributed by atoms with Crippen molar-refractivity contribution in [3.05, 3.63) is 11.9 Å². The average Bonchev–Trinajstić information content (AvgIpc) is 3.01. The average molecular weight is 339 g/mol. The van der Waals surface area contributed by atoms with Crippen molar-refractivity contribution in [3.8, 4) is 0 Å². The minimum Gasteiger partial charge on any atom is -0.385 e. The topological polar surface area (TPSA) is 71.8 Å². The standard InChI is InChI=1S/C15H25N5O2S/c1-15(2,3)11-9-20-13(17-11)23-14(18-20)19(4)10-12(21)16-7-6-8-22-5/h9H,6-8,10H2,1-5H3,(H,16,21). The fourth-order valence-electron chi connectivity index (χ4n) is 1.99. The zero-order valence-corrected chi connectivity index (χ0v) is 15.2. The highest BCUT2D eigenvalue weighted by Gasteiger charge is 2.20. The van der Waals surface area contributed by atoms with Crippen LogP contribution in [0.3, 0.4) is 0 Å². The van der Waals surface area contributed by atoms with Gasteiger partial charge in [-0.05, 0) is 6.42 Å². The van der Waals surface area contributed by atoms with Crippen molar-refractivity contribution in [2.24, 2.45) is 0 Å². The molecule has 0 radical (unpaired) electrons. The lowest BCUT2D eigenvalue weighted by Gasteiger charge is -2.15. The van der Waals surface area contributed by atoms with Gasteiger partial charge in [0.2, 0.25) is 16.0 Å². The van der Waals surface area contributed by atoms with E-state index in [2.05, 4.69) is 36.2 Å². The molecule has 2 aromatic rings. The number of aromatic nitrogens is 3. The van der Waals surface area contributed by atoms with Crippen LogP contribution >= 0.6 is 11.3 Å². The van der Waals surface area contributed by atoms with Crippen molar-refractivity contribution >= 4 is 27.3 Å². The Bertz CT molecular complexity index is 627. The molecule has 0 saturated heterocycles. The zero-order chi connectivity index (χ0) is 17.0. The number of fused-ring (bicyclic) bond motifs is 1. The van der Waals surface area contributed by atoms with Crippen LogP contribution < -0.4 is 10.2 Å². The second-order valence-corrected chi connectivity index (χ2v) is 7.47. The van der Waals surface area contributed by atoms with Crippen LogP contribution in [0.2, 0.25) is 0 Å². The maximum absolute atomic E-state index is 11.9. The summed E-state index contributed by atoms with van der Waals surface area (Å²) >= 11 is 1.48. The van der Waals surface area contributed by atoms with E-state index in [1.165, 1.54) is 11.3 Å². The highest BCUT2D eigenvalue weighted by molar-refractivity contribution is 7.20. The van der Waals surface area contributed by atoms with Crippen molar-refractivity contribution in [1.29, 1.82) is 0 Å². The summed E-state index contributed by atoms with van der Waals surface area (Å²) in [5, 5.41) is 8.15. The normalized spacial score (nSPS) is 11.9. The number of hydrogen-bond donors (Lipinski definition) is 1. The molecule has 2 aromatic heterocycles. The van der Waals surface area contributed by atoms with Crippen LogP contribution in [0.4, 0.5) is 5.13 Å². The second kappa shape index (κ2) is 7.27. The molecule has 8 heteroatoms. The lowest BCUT2D eigenvalue weighted by atomic mass is 9.93. The number of carbonyl (C=O) groups is 1. The lowest BCUT2D eigenvalue weighted by molar-refractivity contribution is -0.119. The van der Waals surface area contributed by atoms with E-state index in [4.69, 9.17) is 4.74 Å². The molecule has 2 heterocycles. The van der Waals surface area contributed by atoms with Crippen LogP contribution in [-0.2, 0) is 14.9 Å². The molecule has 0 aliphatic heterocycles. The summed E-state index contributed by atoms with van der Waals surface area (Å²) in [6.07, 6.45) is 2.76. The summed E-state index contributed by atoms with van der Waals surface area (Å²) in [5.41, 5.74) is 1.02. The molecule has 0 aliphatic rings. The van der Waals surface area contributed by atoms with Gasteiger partial charge >= 0.3 is 0 Å². The molecule has 0 spiro atoms. The first-order valence-corrected chi connectivity index (χ1v) is 8.46. The van der Waals surface area contributed by atoms with Gasteiger partial charge in [-0.15, -0.1) is 5.10 Å². The van der Waals surface area contributed by atoms with Gasteiger partial charge in [-0.2, -0.15) is 0 Å². The number of anilines is 1. The minimum absolute atomic E-state index is 0.00156. The van der Waals surface area contributed by atoms with Crippen molar-refractivity contribution in [3.63, 3.8) is 0 Å². The molecule has 0 atom stereocenters. The lowest BCUT2D eigenvalue weighted by Crippen LogP contribution is -2.35. The Morgan fingerprint density at radius 1 is 1.48 bits per heavy atom. The van der Waals surface area contributed by atoms with E-state index in [9.17, 15) is 4.79 Å². The van der Waals surface area contributed by atoms with Crippen LogP contribution in [-0.4, -0.2) is 54.4 Å². The van der Waals surface area contributed by atoms with Gasteiger partial charge in [0.05, 0.1) is 18.4 Å². The maximum atomic E-state index is 11.9. The Morgan fingerprint density at radius 3 is 2.83 bits per heavy atom. The van der Waals surface area contributed by atoms with Crippen molar-refractivity contribution in [2.75, 3.05) is 38.8 Å². The molecule has 0 unspecified atom stereocenters. The molecule has 7 nitrogen and oxygen atoms in total. The molecular weight excluding hydrogens is 314 g/mol. The number of imidazole rings is 1. The summed E-state index contributed by atoms with van der Waals surface area (Å²) in [6, 6.07) is 0. The Balaban J connectivity index is 1.94. The van der Waals surface area contributed by atoms with Gasteiger partial charge in [-0.25, -0.2) is 9.50 Å². The molecule has 1 N–H and O–H groups in total. The largest absolute Gasteiger partial charge is 0.385 e. The number of amides is 1. The molecule has 0 aromatic carbocycles. The Kier molecular flexibility index (Phi) is 5.59. The van der Waals surface area contributed by atoms with Crippen molar-refractivity contribution < 1.29 is 9.53 Å². The molecular formula is C15H25N5O2S. The summed E-state index contributed by atoms with van der Waals surface area (Å²) in [7, 11) is 3.51. The molecule has 2 rings (SSSR count). The van der Waals surface area contributed by atoms with E-state index in [1.54, 1.807) is 11.6 Å². The highest BCUT2D eigenvalue weighted by atomic mass is 32.1. The molecule has 1 amide bonds. The highest BCUT2D eigenvalue weighted by Crippen LogP contribution is 2.26. The number of methoxy groups -OCH3 is 1. The summed E-state index contributed by atoms with van der Waals surface area (Å²) in [6.45, 7) is 7.92. The number of ether oxygens (including phenoxy) is 1. The zero-order valence-electron chi connectivity index (χ0n) is 14.4. The van der Waals surface area contributed by atoms with Gasteiger partial charge in [0.1, 0.15) is 0 Å². The first-order chi connectivity index (χ1) is 10.8. The minimum atomic E-state index is -0.0215. The molecule has 128 valence electrons. The predicted molar refractivity (Wildman–Crippen MR) is 92.3 cm³/mol. The molecule has 0 saturated carbocycles. The van der Waals surface area contributed by atoms with E-state index in [0.29, 0.717) is 13.2 Å². The first kappa shape index (κ1) is 17.7. The third kappa shape index (κ3) is 4.65. The second-order valence-electron chi connectivity index (χ2n) is 6.54. The van der Waals surface area contributed by atoms with Crippen LogP contribution in [0, 0.1) is 0 Å². The number of rotatable bonds is 7. The number of carbonyl (C=O) groups excluding carboxylic acids is 1. The van der Waals surface area contributed by atoms with Crippen molar-refractivity contribution in [2.45, 2.75) is 32.6 Å². The van der Waals surface area contributed by atoms with E-state index in [-0.39, 0.29) is 17.9 Å². The van der Waals surface area contributed by atoms with Crippen LogP contribution in [0.1, 0.15) is 32.9 Å². The van der Waals surface area contributed by atoms with Gasteiger partial charge < -0.3 is 15.0 Å². The van der Waals surface area contributed by atoms with Crippen LogP contribution in [0.15, 0.2) is 6.20 Å². The van der Waals surface area contributed by atoms with Gasteiger partial charge in [0.25, 0.3) is 0 Å². The van der Waals surface area contributed by atoms with Crippen LogP contribution in [0.25, 0.3) is 4.96 Å². The summed E-state index contributed by atoms with van der Waals surface area (Å²) in [4.78, 5) is 19.2. The smallest absolute Gasteiger partial charge is 0.239 e. The third-order valence-electron chi connectivity index (χ3n) is 3.36. The van der Waals surface area contributed by atoms with Gasteiger partial charge in [0, 0.05) is 32.7 Å². The van der Waals surface area contributed by atoms with Crippen molar-refractivity contribution in [1.82, 2.24) is 19.9 Å². The monoisotopic (exact) mass is 339 g/mol. The van der Waals surface area contributed by atoms with E-state index < -0.39 is 0 Å². The number of likely N-dealkylation sites (N-methyl/N-ethyl adjacent to an activating group) is 1. The SMILES string of the molecule is COCCCNC(=O)CN(C)c1nn2cc(C(C)(C)C)nc2s1. The Hall–Kier alpha value is -1.67. The van der Waals surface area contributed by atoms with E-state index >= 15 is 0 Å². The number of nitrogens with one attached hydrogen (secondary N) is 1. The molecule has 0 fully saturated rings.